The van der Waals surface area contributed by atoms with E-state index in [9.17, 15) is 0 Å². The fourth-order valence-electron chi connectivity index (χ4n) is 4.77. The van der Waals surface area contributed by atoms with E-state index < -0.39 is 0 Å². The van der Waals surface area contributed by atoms with E-state index in [2.05, 4.69) is 92.0 Å². The van der Waals surface area contributed by atoms with E-state index in [1.165, 1.54) is 17.5 Å². The molecule has 0 radical (unpaired) electrons. The lowest BCUT2D eigenvalue weighted by Gasteiger charge is -2.38. The predicted octanol–water partition coefficient (Wildman–Crippen LogP) is 6.38. The number of rotatable bonds is 4. The van der Waals surface area contributed by atoms with Crippen molar-refractivity contribution in [2.45, 2.75) is 31.7 Å². The molecule has 2 N–H and O–H groups in total. The number of hydrogen-bond acceptors (Lipinski definition) is 3. The minimum Gasteiger partial charge on any atom is -0.321 e. The second-order valence-corrected chi connectivity index (χ2v) is 9.10. The van der Waals surface area contributed by atoms with Gasteiger partial charge in [-0.15, -0.1) is 0 Å². The molecule has 0 aliphatic heterocycles. The Morgan fingerprint density at radius 1 is 0.818 bits per heavy atom. The molecule has 0 amide bonds. The number of aromatic nitrogens is 3. The molecule has 0 saturated heterocycles. The Balaban J connectivity index is 1.51. The number of aryl methyl sites for hydroxylation is 1. The molecule has 0 unspecified atom stereocenters. The lowest BCUT2D eigenvalue weighted by molar-refractivity contribution is 0.253. The molecular weight excluding hydrogens is 404 g/mol. The van der Waals surface area contributed by atoms with Gasteiger partial charge in [0, 0.05) is 34.5 Å². The van der Waals surface area contributed by atoms with Crippen LogP contribution in [0, 0.1) is 6.92 Å². The van der Waals surface area contributed by atoms with Crippen molar-refractivity contribution in [3.8, 4) is 33.6 Å². The van der Waals surface area contributed by atoms with Gasteiger partial charge >= 0.3 is 0 Å². The topological polar surface area (TPSA) is 56.2 Å². The first kappa shape index (κ1) is 19.9. The lowest BCUT2D eigenvalue weighted by atomic mass is 9.72. The maximum Gasteiger partial charge on any atom is 0.156 e. The van der Waals surface area contributed by atoms with Crippen LogP contribution in [0.2, 0.25) is 0 Å². The van der Waals surface area contributed by atoms with E-state index in [1.807, 2.05) is 10.6 Å². The standard InChI is InChI=1S/C29H26N4/c1-20-8-5-6-11-24(20)26-18-27-31-28(22-12-14-23(15-13-22)29(30)16-7-17-29)25(19-33(27)32-26)21-9-3-2-4-10-21/h2-6,8-15,18-19H,7,16-17,30H2,1H3. The van der Waals surface area contributed by atoms with Crippen LogP contribution in [-0.4, -0.2) is 14.6 Å². The molecule has 2 aromatic heterocycles. The predicted molar refractivity (Wildman–Crippen MR) is 134 cm³/mol. The molecule has 1 aliphatic carbocycles. The fourth-order valence-corrected chi connectivity index (χ4v) is 4.77. The van der Waals surface area contributed by atoms with Gasteiger partial charge in [-0.25, -0.2) is 9.50 Å². The molecule has 3 aromatic carbocycles. The first-order valence-corrected chi connectivity index (χ1v) is 11.5. The van der Waals surface area contributed by atoms with Crippen LogP contribution in [0.15, 0.2) is 91.1 Å². The third kappa shape index (κ3) is 3.43. The summed E-state index contributed by atoms with van der Waals surface area (Å²) in [6.07, 6.45) is 5.42. The Hall–Kier alpha value is -3.76. The average Bonchev–Trinajstić information content (AvgIpc) is 3.25. The van der Waals surface area contributed by atoms with Crippen molar-refractivity contribution in [1.29, 1.82) is 0 Å². The van der Waals surface area contributed by atoms with E-state index in [0.29, 0.717) is 0 Å². The summed E-state index contributed by atoms with van der Waals surface area (Å²) in [6, 6.07) is 29.4. The minimum absolute atomic E-state index is 0.161. The molecule has 1 fully saturated rings. The Kier molecular flexibility index (Phi) is 4.63. The third-order valence-electron chi connectivity index (χ3n) is 6.93. The summed E-state index contributed by atoms with van der Waals surface area (Å²) >= 11 is 0. The molecule has 4 nitrogen and oxygen atoms in total. The van der Waals surface area contributed by atoms with Crippen LogP contribution in [0.25, 0.3) is 39.3 Å². The summed E-state index contributed by atoms with van der Waals surface area (Å²) in [5.41, 5.74) is 15.9. The second kappa shape index (κ2) is 7.68. The first-order valence-electron chi connectivity index (χ1n) is 11.5. The molecule has 2 heterocycles. The molecule has 1 aliphatic rings. The number of nitrogens with zero attached hydrogens (tertiary/aromatic N) is 3. The Morgan fingerprint density at radius 3 is 2.24 bits per heavy atom. The zero-order valence-electron chi connectivity index (χ0n) is 18.7. The van der Waals surface area contributed by atoms with Crippen molar-refractivity contribution in [2.75, 3.05) is 0 Å². The maximum absolute atomic E-state index is 6.55. The summed E-state index contributed by atoms with van der Waals surface area (Å²) < 4.78 is 1.89. The molecule has 162 valence electrons. The smallest absolute Gasteiger partial charge is 0.156 e. The van der Waals surface area contributed by atoms with Gasteiger partial charge in [0.15, 0.2) is 5.65 Å². The maximum atomic E-state index is 6.55. The second-order valence-electron chi connectivity index (χ2n) is 9.10. The zero-order chi connectivity index (χ0) is 22.4. The number of nitrogens with two attached hydrogens (primary N) is 1. The number of hydrogen-bond donors (Lipinski definition) is 1. The van der Waals surface area contributed by atoms with Crippen LogP contribution in [0.5, 0.6) is 0 Å². The van der Waals surface area contributed by atoms with Crippen LogP contribution in [-0.2, 0) is 5.54 Å². The van der Waals surface area contributed by atoms with Gasteiger partial charge in [-0.2, -0.15) is 5.10 Å². The number of benzene rings is 3. The Morgan fingerprint density at radius 2 is 1.55 bits per heavy atom. The Bertz CT molecular complexity index is 1440. The quantitative estimate of drug-likeness (QED) is 0.360. The average molecular weight is 431 g/mol. The van der Waals surface area contributed by atoms with Crippen molar-refractivity contribution in [3.63, 3.8) is 0 Å². The summed E-state index contributed by atoms with van der Waals surface area (Å²) in [6.45, 7) is 2.11. The van der Waals surface area contributed by atoms with E-state index in [-0.39, 0.29) is 5.54 Å². The van der Waals surface area contributed by atoms with Gasteiger partial charge in [0.25, 0.3) is 0 Å². The van der Waals surface area contributed by atoms with Crippen LogP contribution in [0.1, 0.15) is 30.4 Å². The van der Waals surface area contributed by atoms with Crippen molar-refractivity contribution < 1.29 is 0 Å². The highest BCUT2D eigenvalue weighted by Gasteiger charge is 2.34. The van der Waals surface area contributed by atoms with Crippen molar-refractivity contribution in [1.82, 2.24) is 14.6 Å². The van der Waals surface area contributed by atoms with Gasteiger partial charge in [-0.1, -0.05) is 78.9 Å². The third-order valence-corrected chi connectivity index (χ3v) is 6.93. The molecular formula is C29H26N4. The molecule has 6 rings (SSSR count). The van der Waals surface area contributed by atoms with E-state index in [1.54, 1.807) is 0 Å². The molecule has 33 heavy (non-hydrogen) atoms. The van der Waals surface area contributed by atoms with Crippen LogP contribution >= 0.6 is 0 Å². The van der Waals surface area contributed by atoms with Crippen LogP contribution in [0.3, 0.4) is 0 Å². The lowest BCUT2D eigenvalue weighted by Crippen LogP contribution is -2.43. The van der Waals surface area contributed by atoms with E-state index in [0.717, 1.165) is 52.1 Å². The molecule has 0 spiro atoms. The number of fused-ring (bicyclic) bond motifs is 1. The van der Waals surface area contributed by atoms with Gasteiger partial charge in [0.05, 0.1) is 11.4 Å². The SMILES string of the molecule is Cc1ccccc1-c1cc2nc(-c3ccc(C4(N)CCC4)cc3)c(-c3ccccc3)cn2n1. The van der Waals surface area contributed by atoms with Crippen molar-refractivity contribution >= 4 is 5.65 Å². The van der Waals surface area contributed by atoms with Gasteiger partial charge in [0.2, 0.25) is 0 Å². The highest BCUT2D eigenvalue weighted by atomic mass is 15.2. The Labute approximate surface area is 193 Å². The molecule has 1 saturated carbocycles. The van der Waals surface area contributed by atoms with Gasteiger partial charge in [-0.05, 0) is 42.9 Å². The van der Waals surface area contributed by atoms with Crippen molar-refractivity contribution in [3.05, 3.63) is 102 Å². The molecule has 4 heteroatoms. The highest BCUT2D eigenvalue weighted by Crippen LogP contribution is 2.40. The fraction of sp³-hybridized carbons (Fsp3) is 0.172. The largest absolute Gasteiger partial charge is 0.321 e. The first-order chi connectivity index (χ1) is 16.1. The van der Waals surface area contributed by atoms with Crippen LogP contribution < -0.4 is 5.73 Å². The summed E-state index contributed by atoms with van der Waals surface area (Å²) in [5.74, 6) is 0. The monoisotopic (exact) mass is 430 g/mol. The highest BCUT2D eigenvalue weighted by molar-refractivity contribution is 5.82. The van der Waals surface area contributed by atoms with Gasteiger partial charge < -0.3 is 5.73 Å². The van der Waals surface area contributed by atoms with Crippen LogP contribution in [0.4, 0.5) is 0 Å². The molecule has 0 bridgehead atoms. The van der Waals surface area contributed by atoms with E-state index in [4.69, 9.17) is 15.8 Å². The molecule has 0 atom stereocenters. The minimum atomic E-state index is -0.161. The summed E-state index contributed by atoms with van der Waals surface area (Å²) in [4.78, 5) is 5.09. The van der Waals surface area contributed by atoms with E-state index >= 15 is 0 Å². The summed E-state index contributed by atoms with van der Waals surface area (Å²) in [5, 5.41) is 4.87. The van der Waals surface area contributed by atoms with Crippen molar-refractivity contribution in [2.24, 2.45) is 5.73 Å². The van der Waals surface area contributed by atoms with Gasteiger partial charge in [-0.3, -0.25) is 0 Å². The molecule has 5 aromatic rings. The zero-order valence-corrected chi connectivity index (χ0v) is 18.7. The summed E-state index contributed by atoms with van der Waals surface area (Å²) in [7, 11) is 0. The van der Waals surface area contributed by atoms with Gasteiger partial charge in [0.1, 0.15) is 0 Å². The normalized spacial score (nSPS) is 14.8.